The van der Waals surface area contributed by atoms with Crippen molar-refractivity contribution in [3.63, 3.8) is 0 Å². The summed E-state index contributed by atoms with van der Waals surface area (Å²) in [5.74, 6) is 2.31. The fraction of sp³-hybridized carbons (Fsp3) is 0.316. The van der Waals surface area contributed by atoms with Crippen LogP contribution in [0.1, 0.15) is 19.2 Å². The Labute approximate surface area is 141 Å². The molecule has 5 heteroatoms. The second-order valence-electron chi connectivity index (χ2n) is 5.49. The van der Waals surface area contributed by atoms with Crippen molar-refractivity contribution in [3.8, 4) is 11.5 Å². The maximum absolute atomic E-state index is 9.50. The van der Waals surface area contributed by atoms with Gasteiger partial charge in [-0.05, 0) is 42.8 Å². The summed E-state index contributed by atoms with van der Waals surface area (Å²) in [5.41, 5.74) is 1.90. The minimum atomic E-state index is -0.0852. The van der Waals surface area contributed by atoms with E-state index in [4.69, 9.17) is 9.47 Å². The predicted molar refractivity (Wildman–Crippen MR) is 93.4 cm³/mol. The molecule has 1 heterocycles. The average Bonchev–Trinajstić information content (AvgIpc) is 2.99. The first kappa shape index (κ1) is 16.3. The lowest BCUT2D eigenvalue weighted by Gasteiger charge is -2.10. The number of aliphatic hydroxyl groups excluding tert-OH is 1. The van der Waals surface area contributed by atoms with Gasteiger partial charge in [0.1, 0.15) is 30.5 Å². The van der Waals surface area contributed by atoms with E-state index in [1.165, 1.54) is 0 Å². The Morgan fingerprint density at radius 2 is 1.62 bits per heavy atom. The fourth-order valence-corrected chi connectivity index (χ4v) is 2.60. The summed E-state index contributed by atoms with van der Waals surface area (Å²) in [4.78, 5) is 4.44. The number of imidazole rings is 1. The number of hydrogen-bond donors (Lipinski definition) is 1. The summed E-state index contributed by atoms with van der Waals surface area (Å²) in [6, 6.07) is 15.5. The van der Waals surface area contributed by atoms with Crippen LogP contribution in [0.2, 0.25) is 0 Å². The lowest BCUT2D eigenvalue weighted by molar-refractivity contribution is 0.255. The highest BCUT2D eigenvalue weighted by atomic mass is 16.5. The molecule has 0 aliphatic heterocycles. The maximum atomic E-state index is 9.50. The molecule has 0 spiro atoms. The van der Waals surface area contributed by atoms with Gasteiger partial charge < -0.3 is 19.1 Å². The van der Waals surface area contributed by atoms with Gasteiger partial charge in [-0.3, -0.25) is 0 Å². The Morgan fingerprint density at radius 1 is 0.958 bits per heavy atom. The molecule has 2 aromatic carbocycles. The molecule has 0 aliphatic carbocycles. The number of hydrogen-bond acceptors (Lipinski definition) is 4. The molecule has 0 radical (unpaired) electrons. The molecule has 0 fully saturated rings. The molecule has 5 nitrogen and oxygen atoms in total. The van der Waals surface area contributed by atoms with Gasteiger partial charge in [-0.1, -0.05) is 19.1 Å². The van der Waals surface area contributed by atoms with E-state index in [1.54, 1.807) is 0 Å². The van der Waals surface area contributed by atoms with Crippen molar-refractivity contribution in [3.05, 3.63) is 54.4 Å². The van der Waals surface area contributed by atoms with Crippen molar-refractivity contribution in [2.24, 2.45) is 0 Å². The van der Waals surface area contributed by atoms with E-state index in [0.29, 0.717) is 19.0 Å². The van der Waals surface area contributed by atoms with E-state index in [1.807, 2.05) is 53.1 Å². The molecule has 0 amide bonds. The molecule has 0 unspecified atom stereocenters. The fourth-order valence-electron chi connectivity index (χ4n) is 2.60. The van der Waals surface area contributed by atoms with Crippen LogP contribution in [0, 0.1) is 0 Å². The van der Waals surface area contributed by atoms with Crippen LogP contribution >= 0.6 is 0 Å². The average molecular weight is 326 g/mol. The maximum Gasteiger partial charge on any atom is 0.135 e. The third-order valence-electron chi connectivity index (χ3n) is 3.76. The molecule has 3 aromatic rings. The number of benzene rings is 2. The van der Waals surface area contributed by atoms with Crippen LogP contribution in [0.15, 0.2) is 48.5 Å². The van der Waals surface area contributed by atoms with E-state index in [-0.39, 0.29) is 6.61 Å². The molecule has 1 aromatic heterocycles. The van der Waals surface area contributed by atoms with Crippen molar-refractivity contribution in [2.75, 3.05) is 13.2 Å². The zero-order valence-corrected chi connectivity index (χ0v) is 13.8. The van der Waals surface area contributed by atoms with Gasteiger partial charge in [0.15, 0.2) is 0 Å². The lowest BCUT2D eigenvalue weighted by Crippen LogP contribution is -2.11. The molecule has 0 bridgehead atoms. The molecule has 1 N–H and O–H groups in total. The molecule has 0 aliphatic rings. The highest BCUT2D eigenvalue weighted by Gasteiger charge is 2.09. The number of para-hydroxylation sites is 2. The first-order chi connectivity index (χ1) is 11.8. The normalized spacial score (nSPS) is 10.9. The van der Waals surface area contributed by atoms with Gasteiger partial charge in [0.25, 0.3) is 0 Å². The number of nitrogens with zero attached hydrogens (tertiary/aromatic N) is 2. The summed E-state index contributed by atoms with van der Waals surface area (Å²) >= 11 is 0. The Morgan fingerprint density at radius 3 is 2.29 bits per heavy atom. The number of aromatic nitrogens is 2. The summed E-state index contributed by atoms with van der Waals surface area (Å²) in [6.45, 7) is 3.85. The molecule has 3 rings (SSSR count). The van der Waals surface area contributed by atoms with Crippen LogP contribution in [0.4, 0.5) is 0 Å². The summed E-state index contributed by atoms with van der Waals surface area (Å²) in [6.07, 6.45) is 0.990. The second-order valence-corrected chi connectivity index (χ2v) is 5.49. The molecule has 0 saturated carbocycles. The molecule has 24 heavy (non-hydrogen) atoms. The van der Waals surface area contributed by atoms with Crippen molar-refractivity contribution in [1.29, 1.82) is 0 Å². The molecular formula is C19H22N2O3. The van der Waals surface area contributed by atoms with Crippen molar-refractivity contribution >= 4 is 11.0 Å². The Balaban J connectivity index is 1.62. The zero-order chi connectivity index (χ0) is 16.8. The minimum absolute atomic E-state index is 0.0852. The summed E-state index contributed by atoms with van der Waals surface area (Å²) in [7, 11) is 0. The summed E-state index contributed by atoms with van der Waals surface area (Å²) in [5, 5.41) is 9.50. The van der Waals surface area contributed by atoms with Crippen molar-refractivity contribution in [1.82, 2.24) is 9.55 Å². The van der Waals surface area contributed by atoms with Gasteiger partial charge in [-0.25, -0.2) is 4.98 Å². The number of aliphatic hydroxyl groups is 1. The SMILES string of the molecule is CCCOc1ccc(OCCn2c(CO)nc3ccccc32)cc1. The topological polar surface area (TPSA) is 56.5 Å². The van der Waals surface area contributed by atoms with E-state index in [0.717, 1.165) is 35.6 Å². The first-order valence-corrected chi connectivity index (χ1v) is 8.22. The lowest BCUT2D eigenvalue weighted by atomic mass is 10.3. The third kappa shape index (κ3) is 3.68. The largest absolute Gasteiger partial charge is 0.494 e. The van der Waals surface area contributed by atoms with Crippen LogP contribution in [-0.4, -0.2) is 27.9 Å². The minimum Gasteiger partial charge on any atom is -0.494 e. The Kier molecular flexibility index (Phi) is 5.33. The third-order valence-corrected chi connectivity index (χ3v) is 3.76. The van der Waals surface area contributed by atoms with Gasteiger partial charge in [0.05, 0.1) is 24.2 Å². The van der Waals surface area contributed by atoms with Gasteiger partial charge in [-0.2, -0.15) is 0 Å². The van der Waals surface area contributed by atoms with Crippen LogP contribution in [0.5, 0.6) is 11.5 Å². The first-order valence-electron chi connectivity index (χ1n) is 8.22. The quantitative estimate of drug-likeness (QED) is 0.689. The van der Waals surface area contributed by atoms with Crippen molar-refractivity contribution in [2.45, 2.75) is 26.5 Å². The Hall–Kier alpha value is -2.53. The Bertz CT molecular complexity index is 781. The van der Waals surface area contributed by atoms with Gasteiger partial charge >= 0.3 is 0 Å². The van der Waals surface area contributed by atoms with E-state index in [2.05, 4.69) is 11.9 Å². The zero-order valence-electron chi connectivity index (χ0n) is 13.8. The molecular weight excluding hydrogens is 304 g/mol. The van der Waals surface area contributed by atoms with Crippen LogP contribution in [-0.2, 0) is 13.2 Å². The number of ether oxygens (including phenoxy) is 2. The van der Waals surface area contributed by atoms with Gasteiger partial charge in [0.2, 0.25) is 0 Å². The highest BCUT2D eigenvalue weighted by molar-refractivity contribution is 5.75. The van der Waals surface area contributed by atoms with E-state index < -0.39 is 0 Å². The smallest absolute Gasteiger partial charge is 0.135 e. The standard InChI is InChI=1S/C19H22N2O3/c1-2-12-23-15-7-9-16(10-8-15)24-13-11-21-18-6-4-3-5-17(18)20-19(21)14-22/h3-10,22H,2,11-14H2,1H3. The van der Waals surface area contributed by atoms with Crippen LogP contribution in [0.25, 0.3) is 11.0 Å². The highest BCUT2D eigenvalue weighted by Crippen LogP contribution is 2.19. The van der Waals surface area contributed by atoms with E-state index in [9.17, 15) is 5.11 Å². The molecule has 126 valence electrons. The van der Waals surface area contributed by atoms with E-state index >= 15 is 0 Å². The van der Waals surface area contributed by atoms with Gasteiger partial charge in [0, 0.05) is 0 Å². The molecule has 0 atom stereocenters. The number of rotatable bonds is 8. The number of fused-ring (bicyclic) bond motifs is 1. The van der Waals surface area contributed by atoms with Gasteiger partial charge in [-0.15, -0.1) is 0 Å². The van der Waals surface area contributed by atoms with Crippen LogP contribution in [0.3, 0.4) is 0 Å². The molecule has 0 saturated heterocycles. The summed E-state index contributed by atoms with van der Waals surface area (Å²) < 4.78 is 13.4. The monoisotopic (exact) mass is 326 g/mol. The van der Waals surface area contributed by atoms with Crippen LogP contribution < -0.4 is 9.47 Å². The predicted octanol–water partition coefficient (Wildman–Crippen LogP) is 3.40. The second kappa shape index (κ2) is 7.84. The van der Waals surface area contributed by atoms with Crippen molar-refractivity contribution < 1.29 is 14.6 Å².